The molecule has 0 bridgehead atoms. The second-order valence-corrected chi connectivity index (χ2v) is 8.08. The first-order valence-electron chi connectivity index (χ1n) is 9.61. The monoisotopic (exact) mass is 359 g/mol. The number of hydrogen-bond donors (Lipinski definition) is 1. The van der Waals surface area contributed by atoms with Gasteiger partial charge in [0.2, 0.25) is 5.91 Å². The minimum Gasteiger partial charge on any atom is -0.353 e. The molecule has 0 saturated carbocycles. The van der Waals surface area contributed by atoms with Crippen LogP contribution in [0.25, 0.3) is 10.2 Å². The fraction of sp³-hybridized carbons (Fsp3) is 0.600. The fourth-order valence-corrected chi connectivity index (χ4v) is 4.51. The van der Waals surface area contributed by atoms with Crippen LogP contribution in [0, 0.1) is 0 Å². The molecule has 0 atom stereocenters. The predicted octanol–water partition coefficient (Wildman–Crippen LogP) is 4.00. The lowest BCUT2D eigenvalue weighted by molar-refractivity contribution is -0.122. The van der Waals surface area contributed by atoms with Gasteiger partial charge in [-0.15, -0.1) is 11.3 Å². The van der Waals surface area contributed by atoms with E-state index in [-0.39, 0.29) is 5.91 Å². The summed E-state index contributed by atoms with van der Waals surface area (Å²) in [7, 11) is 0. The van der Waals surface area contributed by atoms with Crippen LogP contribution in [0.3, 0.4) is 0 Å². The lowest BCUT2D eigenvalue weighted by Gasteiger charge is -2.32. The van der Waals surface area contributed by atoms with Crippen molar-refractivity contribution in [2.75, 3.05) is 19.6 Å². The van der Waals surface area contributed by atoms with E-state index in [1.54, 1.807) is 11.3 Å². The smallest absolute Gasteiger partial charge is 0.220 e. The Morgan fingerprint density at radius 2 is 2.08 bits per heavy atom. The van der Waals surface area contributed by atoms with Crippen molar-refractivity contribution in [1.29, 1.82) is 0 Å². The molecule has 1 aliphatic rings. The van der Waals surface area contributed by atoms with Crippen molar-refractivity contribution >= 4 is 27.5 Å². The highest BCUT2D eigenvalue weighted by atomic mass is 32.1. The first kappa shape index (κ1) is 18.3. The summed E-state index contributed by atoms with van der Waals surface area (Å²) in [6.07, 6.45) is 6.99. The molecule has 0 unspecified atom stereocenters. The van der Waals surface area contributed by atoms with Crippen molar-refractivity contribution < 1.29 is 4.79 Å². The molecule has 0 radical (unpaired) electrons. The zero-order valence-corrected chi connectivity index (χ0v) is 16.0. The molecular weight excluding hydrogens is 330 g/mol. The summed E-state index contributed by atoms with van der Waals surface area (Å²) < 4.78 is 1.25. The molecule has 1 aromatic carbocycles. The molecule has 0 aliphatic carbocycles. The lowest BCUT2D eigenvalue weighted by Crippen LogP contribution is -2.44. The van der Waals surface area contributed by atoms with Gasteiger partial charge < -0.3 is 10.2 Å². The van der Waals surface area contributed by atoms with Gasteiger partial charge in [0.05, 0.1) is 15.2 Å². The molecule has 0 spiro atoms. The molecule has 5 heteroatoms. The Balaban J connectivity index is 1.31. The Bertz CT molecular complexity index is 643. The van der Waals surface area contributed by atoms with Crippen molar-refractivity contribution in [3.8, 4) is 0 Å². The molecule has 1 aromatic heterocycles. The Kier molecular flexibility index (Phi) is 6.82. The Morgan fingerprint density at radius 3 is 2.84 bits per heavy atom. The molecule has 1 fully saturated rings. The van der Waals surface area contributed by atoms with E-state index < -0.39 is 0 Å². The number of thiazole rings is 1. The normalized spacial score (nSPS) is 16.4. The number of nitrogens with one attached hydrogen (secondary N) is 1. The van der Waals surface area contributed by atoms with E-state index in [0.717, 1.165) is 50.7 Å². The summed E-state index contributed by atoms with van der Waals surface area (Å²) in [5.74, 6) is 0.221. The number of para-hydroxylation sites is 1. The summed E-state index contributed by atoms with van der Waals surface area (Å²) in [5, 5.41) is 4.41. The number of nitrogens with zero attached hydrogens (tertiary/aromatic N) is 2. The Labute approximate surface area is 154 Å². The second-order valence-electron chi connectivity index (χ2n) is 6.97. The fourth-order valence-electron chi connectivity index (χ4n) is 3.51. The third-order valence-electron chi connectivity index (χ3n) is 4.88. The number of aromatic nitrogens is 1. The van der Waals surface area contributed by atoms with Crippen LogP contribution in [-0.2, 0) is 11.2 Å². The molecule has 2 aromatic rings. The van der Waals surface area contributed by atoms with E-state index in [2.05, 4.69) is 40.3 Å². The van der Waals surface area contributed by atoms with Crippen LogP contribution in [0.1, 0.15) is 50.5 Å². The summed E-state index contributed by atoms with van der Waals surface area (Å²) >= 11 is 1.77. The number of unbranched alkanes of at least 4 members (excludes halogenated alkanes) is 1. The summed E-state index contributed by atoms with van der Waals surface area (Å²) in [6.45, 7) is 5.65. The highest BCUT2D eigenvalue weighted by Crippen LogP contribution is 2.22. The SMILES string of the molecule is CCCN1CCC(NC(=O)CCCCc2nc3ccccc3s2)CC1. The van der Waals surface area contributed by atoms with Gasteiger partial charge in [-0.2, -0.15) is 0 Å². The maximum Gasteiger partial charge on any atom is 0.220 e. The van der Waals surface area contributed by atoms with Crippen LogP contribution in [0.15, 0.2) is 24.3 Å². The minimum absolute atomic E-state index is 0.221. The van der Waals surface area contributed by atoms with E-state index >= 15 is 0 Å². The molecule has 25 heavy (non-hydrogen) atoms. The van der Waals surface area contributed by atoms with Crippen molar-refractivity contribution in [3.63, 3.8) is 0 Å². The van der Waals surface area contributed by atoms with Gasteiger partial charge in [-0.25, -0.2) is 4.98 Å². The first-order chi connectivity index (χ1) is 12.2. The number of fused-ring (bicyclic) bond motifs is 1. The number of aryl methyl sites for hydroxylation is 1. The van der Waals surface area contributed by atoms with E-state index in [9.17, 15) is 4.79 Å². The number of piperidine rings is 1. The molecule has 3 rings (SSSR count). The highest BCUT2D eigenvalue weighted by molar-refractivity contribution is 7.18. The molecule has 1 N–H and O–H groups in total. The van der Waals surface area contributed by atoms with Crippen LogP contribution < -0.4 is 5.32 Å². The third kappa shape index (κ3) is 5.51. The van der Waals surface area contributed by atoms with Crippen molar-refractivity contribution in [2.45, 2.75) is 57.9 Å². The van der Waals surface area contributed by atoms with Gasteiger partial charge in [0.15, 0.2) is 0 Å². The zero-order chi connectivity index (χ0) is 17.5. The minimum atomic E-state index is 0.221. The first-order valence-corrected chi connectivity index (χ1v) is 10.4. The van der Waals surface area contributed by atoms with Crippen molar-refractivity contribution in [1.82, 2.24) is 15.2 Å². The molecule has 4 nitrogen and oxygen atoms in total. The molecular formula is C20H29N3OS. The quantitative estimate of drug-likeness (QED) is 0.725. The number of hydrogen-bond acceptors (Lipinski definition) is 4. The van der Waals surface area contributed by atoms with Crippen LogP contribution in [0.4, 0.5) is 0 Å². The second kappa shape index (κ2) is 9.30. The largest absolute Gasteiger partial charge is 0.353 e. The third-order valence-corrected chi connectivity index (χ3v) is 5.97. The molecule has 2 heterocycles. The van der Waals surface area contributed by atoms with Gasteiger partial charge in [0.25, 0.3) is 0 Å². The van der Waals surface area contributed by atoms with Gasteiger partial charge in [-0.1, -0.05) is 19.1 Å². The molecule has 1 aliphatic heterocycles. The number of carbonyl (C=O) groups excluding carboxylic acids is 1. The van der Waals surface area contributed by atoms with Gasteiger partial charge in [-0.3, -0.25) is 4.79 Å². The molecule has 1 amide bonds. The maximum atomic E-state index is 12.1. The lowest BCUT2D eigenvalue weighted by atomic mass is 10.0. The van der Waals surface area contributed by atoms with Crippen molar-refractivity contribution in [2.24, 2.45) is 0 Å². The summed E-state index contributed by atoms with van der Waals surface area (Å²) in [6, 6.07) is 8.65. The van der Waals surface area contributed by atoms with E-state index in [0.29, 0.717) is 12.5 Å². The number of rotatable bonds is 8. The standard InChI is InChI=1S/C20H29N3OS/c1-2-13-23-14-11-16(12-15-23)21-19(24)9-5-6-10-20-22-17-7-3-4-8-18(17)25-20/h3-4,7-8,16H,2,5-6,9-15H2,1H3,(H,21,24). The Hall–Kier alpha value is -1.46. The van der Waals surface area contributed by atoms with Crippen molar-refractivity contribution in [3.05, 3.63) is 29.3 Å². The van der Waals surface area contributed by atoms with Gasteiger partial charge in [0, 0.05) is 25.6 Å². The topological polar surface area (TPSA) is 45.2 Å². The Morgan fingerprint density at radius 1 is 1.28 bits per heavy atom. The maximum absolute atomic E-state index is 12.1. The van der Waals surface area contributed by atoms with Gasteiger partial charge >= 0.3 is 0 Å². The number of benzene rings is 1. The predicted molar refractivity (Wildman–Crippen MR) is 105 cm³/mol. The van der Waals surface area contributed by atoms with E-state index in [4.69, 9.17) is 0 Å². The average Bonchev–Trinajstić information content (AvgIpc) is 3.03. The molecule has 1 saturated heterocycles. The van der Waals surface area contributed by atoms with Gasteiger partial charge in [0.1, 0.15) is 0 Å². The average molecular weight is 360 g/mol. The molecule has 136 valence electrons. The van der Waals surface area contributed by atoms with Crippen LogP contribution in [0.5, 0.6) is 0 Å². The summed E-state index contributed by atoms with van der Waals surface area (Å²) in [4.78, 5) is 19.3. The number of amides is 1. The number of carbonyl (C=O) groups is 1. The summed E-state index contributed by atoms with van der Waals surface area (Å²) in [5.41, 5.74) is 1.09. The number of likely N-dealkylation sites (tertiary alicyclic amines) is 1. The van der Waals surface area contributed by atoms with Gasteiger partial charge in [-0.05, 0) is 57.2 Å². The highest BCUT2D eigenvalue weighted by Gasteiger charge is 2.19. The van der Waals surface area contributed by atoms with Crippen LogP contribution >= 0.6 is 11.3 Å². The van der Waals surface area contributed by atoms with Crippen LogP contribution in [0.2, 0.25) is 0 Å². The van der Waals surface area contributed by atoms with E-state index in [1.807, 2.05) is 6.07 Å². The van der Waals surface area contributed by atoms with Crippen LogP contribution in [-0.4, -0.2) is 41.5 Å². The van der Waals surface area contributed by atoms with E-state index in [1.165, 1.54) is 22.7 Å². The zero-order valence-electron chi connectivity index (χ0n) is 15.2.